The van der Waals surface area contributed by atoms with Gasteiger partial charge in [-0.3, -0.25) is 9.59 Å². The lowest BCUT2D eigenvalue weighted by Gasteiger charge is -2.02. The van der Waals surface area contributed by atoms with Crippen molar-refractivity contribution < 1.29 is 9.59 Å². The minimum atomic E-state index is -0.263. The Balaban J connectivity index is 3.17. The molecule has 80 valence electrons. The number of hydrogen-bond acceptors (Lipinski definition) is 2. The van der Waals surface area contributed by atoms with Gasteiger partial charge in [-0.05, 0) is 12.8 Å². The van der Waals surface area contributed by atoms with Crippen LogP contribution in [0.15, 0.2) is 12.7 Å². The van der Waals surface area contributed by atoms with E-state index in [1.807, 2.05) is 0 Å². The molecule has 0 rings (SSSR count). The fraction of sp³-hybridized carbons (Fsp3) is 0.600. The van der Waals surface area contributed by atoms with Crippen LogP contribution in [-0.4, -0.2) is 18.4 Å². The molecule has 0 bridgehead atoms. The highest BCUT2D eigenvalue weighted by molar-refractivity contribution is 5.77. The molecule has 0 aliphatic carbocycles. The number of rotatable bonds is 8. The van der Waals surface area contributed by atoms with Gasteiger partial charge in [0.1, 0.15) is 0 Å². The molecule has 4 heteroatoms. The van der Waals surface area contributed by atoms with Gasteiger partial charge in [0.25, 0.3) is 0 Å². The lowest BCUT2D eigenvalue weighted by molar-refractivity contribution is -0.120. The van der Waals surface area contributed by atoms with E-state index in [9.17, 15) is 9.59 Å². The fourth-order valence-electron chi connectivity index (χ4n) is 1.03. The predicted octanol–water partition coefficient (Wildman–Crippen LogP) is 0.724. The first-order valence-electron chi connectivity index (χ1n) is 4.82. The third-order valence-electron chi connectivity index (χ3n) is 1.75. The van der Waals surface area contributed by atoms with Crippen LogP contribution < -0.4 is 11.1 Å². The highest BCUT2D eigenvalue weighted by Gasteiger charge is 1.97. The first-order chi connectivity index (χ1) is 6.66. The molecule has 0 unspecified atom stereocenters. The number of nitrogens with two attached hydrogens (primary N) is 1. The molecular weight excluding hydrogens is 180 g/mol. The van der Waals surface area contributed by atoms with Crippen molar-refractivity contribution in [2.75, 3.05) is 6.54 Å². The van der Waals surface area contributed by atoms with Crippen molar-refractivity contribution in [3.8, 4) is 0 Å². The minimum absolute atomic E-state index is 0.00472. The molecule has 0 radical (unpaired) electrons. The van der Waals surface area contributed by atoms with Gasteiger partial charge in [-0.1, -0.05) is 12.5 Å². The van der Waals surface area contributed by atoms with E-state index >= 15 is 0 Å². The van der Waals surface area contributed by atoms with Crippen molar-refractivity contribution in [2.45, 2.75) is 32.1 Å². The van der Waals surface area contributed by atoms with Gasteiger partial charge in [0, 0.05) is 19.4 Å². The van der Waals surface area contributed by atoms with Crippen LogP contribution in [0.25, 0.3) is 0 Å². The van der Waals surface area contributed by atoms with Crippen molar-refractivity contribution in [3.63, 3.8) is 0 Å². The Kier molecular flexibility index (Phi) is 7.50. The summed E-state index contributed by atoms with van der Waals surface area (Å²) in [6.45, 7) is 4.12. The molecule has 4 nitrogen and oxygen atoms in total. The molecule has 0 aromatic heterocycles. The number of nitrogens with one attached hydrogen (secondary N) is 1. The average Bonchev–Trinajstić information content (AvgIpc) is 2.11. The maximum atomic E-state index is 10.9. The molecule has 0 spiro atoms. The summed E-state index contributed by atoms with van der Waals surface area (Å²) < 4.78 is 0. The third-order valence-corrected chi connectivity index (χ3v) is 1.75. The molecule has 0 aliphatic heterocycles. The first kappa shape index (κ1) is 12.7. The molecule has 0 aromatic rings. The Bertz CT molecular complexity index is 202. The summed E-state index contributed by atoms with van der Waals surface area (Å²) in [6.07, 6.45) is 4.96. The van der Waals surface area contributed by atoms with Gasteiger partial charge in [0.15, 0.2) is 0 Å². The summed E-state index contributed by atoms with van der Waals surface area (Å²) in [4.78, 5) is 21.3. The normalized spacial score (nSPS) is 9.43. The van der Waals surface area contributed by atoms with Gasteiger partial charge in [0.05, 0.1) is 0 Å². The first-order valence-corrected chi connectivity index (χ1v) is 4.82. The van der Waals surface area contributed by atoms with Crippen LogP contribution in [0, 0.1) is 0 Å². The molecule has 0 aromatic carbocycles. The maximum Gasteiger partial charge on any atom is 0.223 e. The molecule has 0 atom stereocenters. The van der Waals surface area contributed by atoms with Gasteiger partial charge >= 0.3 is 0 Å². The third kappa shape index (κ3) is 8.77. The van der Waals surface area contributed by atoms with Crippen LogP contribution in [0.1, 0.15) is 32.1 Å². The van der Waals surface area contributed by atoms with Gasteiger partial charge < -0.3 is 11.1 Å². The quantitative estimate of drug-likeness (QED) is 0.445. The number of carbonyl (C=O) groups excluding carboxylic acids is 2. The van der Waals surface area contributed by atoms with E-state index in [4.69, 9.17) is 5.73 Å². The summed E-state index contributed by atoms with van der Waals surface area (Å²) in [7, 11) is 0. The van der Waals surface area contributed by atoms with Crippen molar-refractivity contribution in [3.05, 3.63) is 12.7 Å². The van der Waals surface area contributed by atoms with E-state index in [2.05, 4.69) is 11.9 Å². The van der Waals surface area contributed by atoms with Crippen molar-refractivity contribution >= 4 is 11.8 Å². The Labute approximate surface area is 84.5 Å². The maximum absolute atomic E-state index is 10.9. The highest BCUT2D eigenvalue weighted by Crippen LogP contribution is 1.97. The molecule has 0 fully saturated rings. The largest absolute Gasteiger partial charge is 0.370 e. The lowest BCUT2D eigenvalue weighted by Crippen LogP contribution is -2.23. The monoisotopic (exact) mass is 198 g/mol. The SMILES string of the molecule is C=CCC(=O)NCCCCCC(N)=O. The highest BCUT2D eigenvalue weighted by atomic mass is 16.1. The zero-order chi connectivity index (χ0) is 10.8. The van der Waals surface area contributed by atoms with Crippen LogP contribution in [0.4, 0.5) is 0 Å². The van der Waals surface area contributed by atoms with Gasteiger partial charge in [-0.2, -0.15) is 0 Å². The number of hydrogen-bond donors (Lipinski definition) is 2. The zero-order valence-corrected chi connectivity index (χ0v) is 8.42. The fourth-order valence-corrected chi connectivity index (χ4v) is 1.03. The smallest absolute Gasteiger partial charge is 0.223 e. The Morgan fingerprint density at radius 3 is 2.57 bits per heavy atom. The van der Waals surface area contributed by atoms with Crippen LogP contribution >= 0.6 is 0 Å². The van der Waals surface area contributed by atoms with Crippen LogP contribution in [0.5, 0.6) is 0 Å². The van der Waals surface area contributed by atoms with Gasteiger partial charge in [-0.25, -0.2) is 0 Å². The molecule has 0 aliphatic rings. The van der Waals surface area contributed by atoms with Gasteiger partial charge in [0.2, 0.25) is 11.8 Å². The average molecular weight is 198 g/mol. The van der Waals surface area contributed by atoms with E-state index in [0.29, 0.717) is 19.4 Å². The summed E-state index contributed by atoms with van der Waals surface area (Å²) in [6, 6.07) is 0. The van der Waals surface area contributed by atoms with Crippen LogP contribution in [-0.2, 0) is 9.59 Å². The van der Waals surface area contributed by atoms with Crippen LogP contribution in [0.3, 0.4) is 0 Å². The summed E-state index contributed by atoms with van der Waals surface area (Å²) in [5, 5.41) is 2.75. The van der Waals surface area contributed by atoms with E-state index in [1.165, 1.54) is 0 Å². The standard InChI is InChI=1S/C10H18N2O2/c1-2-6-10(14)12-8-5-3-4-7-9(11)13/h2H,1,3-8H2,(H2,11,13)(H,12,14). The lowest BCUT2D eigenvalue weighted by atomic mass is 10.2. The Morgan fingerprint density at radius 1 is 1.29 bits per heavy atom. The molecule has 14 heavy (non-hydrogen) atoms. The van der Waals surface area contributed by atoms with Crippen molar-refractivity contribution in [1.82, 2.24) is 5.32 Å². The second-order valence-corrected chi connectivity index (χ2v) is 3.12. The van der Waals surface area contributed by atoms with E-state index in [-0.39, 0.29) is 11.8 Å². The Hall–Kier alpha value is -1.32. The van der Waals surface area contributed by atoms with Crippen LogP contribution in [0.2, 0.25) is 0 Å². The Morgan fingerprint density at radius 2 is 2.00 bits per heavy atom. The molecule has 3 N–H and O–H groups in total. The molecule has 0 saturated carbocycles. The predicted molar refractivity (Wildman–Crippen MR) is 55.5 cm³/mol. The molecular formula is C10H18N2O2. The van der Waals surface area contributed by atoms with E-state index in [1.54, 1.807) is 6.08 Å². The van der Waals surface area contributed by atoms with E-state index in [0.717, 1.165) is 19.3 Å². The van der Waals surface area contributed by atoms with E-state index < -0.39 is 0 Å². The number of primary amides is 1. The zero-order valence-electron chi connectivity index (χ0n) is 8.42. The molecule has 0 saturated heterocycles. The van der Waals surface area contributed by atoms with Crippen molar-refractivity contribution in [2.24, 2.45) is 5.73 Å². The topological polar surface area (TPSA) is 72.2 Å². The van der Waals surface area contributed by atoms with Gasteiger partial charge in [-0.15, -0.1) is 6.58 Å². The summed E-state index contributed by atoms with van der Waals surface area (Å²) in [5.74, 6) is -0.268. The second-order valence-electron chi connectivity index (χ2n) is 3.12. The second kappa shape index (κ2) is 8.29. The number of carbonyl (C=O) groups is 2. The molecule has 2 amide bonds. The summed E-state index contributed by atoms with van der Waals surface area (Å²) in [5.41, 5.74) is 4.98. The summed E-state index contributed by atoms with van der Waals surface area (Å²) >= 11 is 0. The molecule has 0 heterocycles. The van der Waals surface area contributed by atoms with Crippen molar-refractivity contribution in [1.29, 1.82) is 0 Å². The minimum Gasteiger partial charge on any atom is -0.370 e. The number of amides is 2. The number of unbranched alkanes of at least 4 members (excludes halogenated alkanes) is 2.